The zero-order valence-electron chi connectivity index (χ0n) is 4.22. The molecule has 0 spiro atoms. The van der Waals surface area contributed by atoms with E-state index in [9.17, 15) is 0 Å². The first-order chi connectivity index (χ1) is 3.33. The Hall–Kier alpha value is -0.480. The zero-order valence-corrected chi connectivity index (χ0v) is 4.22. The molecule has 1 aliphatic carbocycles. The van der Waals surface area contributed by atoms with Crippen LogP contribution in [0.1, 0.15) is 12.8 Å². The van der Waals surface area contributed by atoms with Crippen molar-refractivity contribution in [1.82, 2.24) is 0 Å². The van der Waals surface area contributed by atoms with Gasteiger partial charge in [-0.1, -0.05) is 0 Å². The Morgan fingerprint density at radius 3 is 2.29 bits per heavy atom. The van der Waals surface area contributed by atoms with E-state index in [1.165, 1.54) is 0 Å². The van der Waals surface area contributed by atoms with Gasteiger partial charge in [0.25, 0.3) is 0 Å². The number of hydrogen-bond donors (Lipinski definition) is 1. The van der Waals surface area contributed by atoms with Gasteiger partial charge >= 0.3 is 0 Å². The molecule has 7 heavy (non-hydrogen) atoms. The van der Waals surface area contributed by atoms with Gasteiger partial charge in [-0.05, 0) is 12.8 Å². The smallest absolute Gasteiger partial charge is 0.0229 e. The van der Waals surface area contributed by atoms with Gasteiger partial charge in [-0.15, -0.1) is 12.3 Å². The lowest BCUT2D eigenvalue weighted by Gasteiger charge is -2.27. The van der Waals surface area contributed by atoms with Crippen molar-refractivity contribution in [2.45, 2.75) is 18.9 Å². The highest BCUT2D eigenvalue weighted by Gasteiger charge is 2.22. The second-order valence-electron chi connectivity index (χ2n) is 2.10. The summed E-state index contributed by atoms with van der Waals surface area (Å²) in [6.45, 7) is 0. The van der Waals surface area contributed by atoms with Crippen LogP contribution in [0.25, 0.3) is 0 Å². The van der Waals surface area contributed by atoms with Crippen LogP contribution in [0, 0.1) is 18.3 Å². The number of terminal acetylenes is 1. The molecule has 0 radical (unpaired) electrons. The van der Waals surface area contributed by atoms with Gasteiger partial charge in [0, 0.05) is 12.0 Å². The topological polar surface area (TPSA) is 26.0 Å². The fourth-order valence-corrected chi connectivity index (χ4v) is 0.798. The molecular formula is C6H9N. The van der Waals surface area contributed by atoms with E-state index < -0.39 is 0 Å². The predicted octanol–water partition coefficient (Wildman–Crippen LogP) is 0.357. The van der Waals surface area contributed by atoms with Crippen molar-refractivity contribution >= 4 is 0 Å². The molecule has 1 fully saturated rings. The van der Waals surface area contributed by atoms with E-state index in [1.54, 1.807) is 0 Å². The lowest BCUT2D eigenvalue weighted by molar-refractivity contribution is 0.335. The van der Waals surface area contributed by atoms with Crippen molar-refractivity contribution in [3.63, 3.8) is 0 Å². The lowest BCUT2D eigenvalue weighted by Crippen LogP contribution is -2.35. The van der Waals surface area contributed by atoms with E-state index in [4.69, 9.17) is 12.2 Å². The molecule has 0 bridgehead atoms. The van der Waals surface area contributed by atoms with Crippen LogP contribution in [-0.4, -0.2) is 6.04 Å². The van der Waals surface area contributed by atoms with Crippen LogP contribution in [0.3, 0.4) is 0 Å². The second kappa shape index (κ2) is 1.55. The van der Waals surface area contributed by atoms with E-state index in [2.05, 4.69) is 5.92 Å². The summed E-state index contributed by atoms with van der Waals surface area (Å²) < 4.78 is 0. The summed E-state index contributed by atoms with van der Waals surface area (Å²) >= 11 is 0. The quantitative estimate of drug-likeness (QED) is 0.432. The first-order valence-corrected chi connectivity index (χ1v) is 2.54. The molecule has 1 nitrogen and oxygen atoms in total. The fourth-order valence-electron chi connectivity index (χ4n) is 0.798. The molecule has 1 aliphatic rings. The molecule has 1 saturated carbocycles. The van der Waals surface area contributed by atoms with Gasteiger partial charge in [0.15, 0.2) is 0 Å². The molecule has 1 rings (SSSR count). The molecule has 0 aliphatic heterocycles. The lowest BCUT2D eigenvalue weighted by atomic mass is 9.82. The summed E-state index contributed by atoms with van der Waals surface area (Å²) in [5, 5.41) is 0. The Morgan fingerprint density at radius 1 is 1.57 bits per heavy atom. The first kappa shape index (κ1) is 4.67. The van der Waals surface area contributed by atoms with Gasteiger partial charge in [-0.2, -0.15) is 0 Å². The van der Waals surface area contributed by atoms with Crippen LogP contribution in [-0.2, 0) is 0 Å². The largest absolute Gasteiger partial charge is 0.328 e. The normalized spacial score (nSPS) is 38.9. The van der Waals surface area contributed by atoms with Crippen LogP contribution in [0.15, 0.2) is 0 Å². The van der Waals surface area contributed by atoms with Gasteiger partial charge in [0.2, 0.25) is 0 Å². The molecule has 1 heteroatoms. The molecule has 0 aromatic carbocycles. The Labute approximate surface area is 43.9 Å². The van der Waals surface area contributed by atoms with E-state index in [0.29, 0.717) is 12.0 Å². The van der Waals surface area contributed by atoms with E-state index in [-0.39, 0.29) is 0 Å². The Bertz CT molecular complexity index is 95.2. The third-order valence-electron chi connectivity index (χ3n) is 1.41. The van der Waals surface area contributed by atoms with Crippen LogP contribution in [0.5, 0.6) is 0 Å². The molecule has 38 valence electrons. The van der Waals surface area contributed by atoms with Gasteiger partial charge in [0.1, 0.15) is 0 Å². The van der Waals surface area contributed by atoms with Crippen LogP contribution in [0.4, 0.5) is 0 Å². The Kier molecular flexibility index (Phi) is 1.04. The molecule has 0 atom stereocenters. The molecule has 0 amide bonds. The SMILES string of the molecule is C#CC1CC(N)C1. The third-order valence-corrected chi connectivity index (χ3v) is 1.41. The van der Waals surface area contributed by atoms with Crippen molar-refractivity contribution in [3.8, 4) is 12.3 Å². The molecule has 0 unspecified atom stereocenters. The van der Waals surface area contributed by atoms with Crippen molar-refractivity contribution in [2.75, 3.05) is 0 Å². The first-order valence-electron chi connectivity index (χ1n) is 2.54. The zero-order chi connectivity index (χ0) is 5.28. The summed E-state index contributed by atoms with van der Waals surface area (Å²) in [5.74, 6) is 3.15. The van der Waals surface area contributed by atoms with Crippen molar-refractivity contribution in [2.24, 2.45) is 11.7 Å². The maximum atomic E-state index is 5.45. The standard InChI is InChI=1S/C6H9N/c1-2-5-3-6(7)4-5/h1,5-6H,3-4,7H2. The minimum atomic E-state index is 0.404. The average Bonchev–Trinajstić information content (AvgIpc) is 1.58. The van der Waals surface area contributed by atoms with E-state index >= 15 is 0 Å². The van der Waals surface area contributed by atoms with Crippen molar-refractivity contribution in [3.05, 3.63) is 0 Å². The van der Waals surface area contributed by atoms with Gasteiger partial charge in [-0.25, -0.2) is 0 Å². The Morgan fingerprint density at radius 2 is 2.14 bits per heavy atom. The maximum Gasteiger partial charge on any atom is 0.0229 e. The van der Waals surface area contributed by atoms with Crippen molar-refractivity contribution < 1.29 is 0 Å². The molecule has 0 aromatic heterocycles. The Balaban J connectivity index is 2.21. The number of hydrogen-bond acceptors (Lipinski definition) is 1. The monoisotopic (exact) mass is 95.1 g/mol. The van der Waals surface area contributed by atoms with Gasteiger partial charge in [-0.3, -0.25) is 0 Å². The van der Waals surface area contributed by atoms with Crippen LogP contribution < -0.4 is 5.73 Å². The van der Waals surface area contributed by atoms with Crippen LogP contribution in [0.2, 0.25) is 0 Å². The molecule has 0 aromatic rings. The summed E-state index contributed by atoms with van der Waals surface area (Å²) in [6, 6.07) is 0.404. The average molecular weight is 95.1 g/mol. The summed E-state index contributed by atoms with van der Waals surface area (Å²) in [7, 11) is 0. The van der Waals surface area contributed by atoms with E-state index in [1.807, 2.05) is 0 Å². The highest BCUT2D eigenvalue weighted by molar-refractivity contribution is 5.01. The minimum Gasteiger partial charge on any atom is -0.328 e. The molecule has 0 heterocycles. The van der Waals surface area contributed by atoms with Crippen molar-refractivity contribution in [1.29, 1.82) is 0 Å². The second-order valence-corrected chi connectivity index (χ2v) is 2.10. The number of nitrogens with two attached hydrogens (primary N) is 1. The molecular weight excluding hydrogens is 86.1 g/mol. The summed E-state index contributed by atoms with van der Waals surface area (Å²) in [5.41, 5.74) is 5.45. The summed E-state index contributed by atoms with van der Waals surface area (Å²) in [6.07, 6.45) is 7.17. The highest BCUT2D eigenvalue weighted by Crippen LogP contribution is 2.23. The fraction of sp³-hybridized carbons (Fsp3) is 0.667. The summed E-state index contributed by atoms with van der Waals surface area (Å²) in [4.78, 5) is 0. The molecule has 0 saturated heterocycles. The van der Waals surface area contributed by atoms with Gasteiger partial charge < -0.3 is 5.73 Å². The third kappa shape index (κ3) is 0.755. The van der Waals surface area contributed by atoms with Crippen LogP contribution >= 0.6 is 0 Å². The highest BCUT2D eigenvalue weighted by atomic mass is 14.7. The maximum absolute atomic E-state index is 5.45. The van der Waals surface area contributed by atoms with E-state index in [0.717, 1.165) is 12.8 Å². The minimum absolute atomic E-state index is 0.404. The number of rotatable bonds is 0. The molecule has 2 N–H and O–H groups in total. The van der Waals surface area contributed by atoms with Gasteiger partial charge in [0.05, 0.1) is 0 Å². The predicted molar refractivity (Wildman–Crippen MR) is 29.5 cm³/mol.